The molecule has 3 N–H and O–H groups in total. The molecule has 2 fully saturated rings. The van der Waals surface area contributed by atoms with Crippen LogP contribution in [0.1, 0.15) is 83.1 Å². The van der Waals surface area contributed by atoms with E-state index < -0.39 is 23.8 Å². The minimum Gasteiger partial charge on any atom is -0.369 e. The molecule has 3 atom stereocenters. The third-order valence-electron chi connectivity index (χ3n) is 9.60. The Kier molecular flexibility index (Phi) is 10.5. The second kappa shape index (κ2) is 14.7. The maximum Gasteiger partial charge on any atom is 0.245 e. The number of nitrogens with two attached hydrogens (primary N) is 1. The van der Waals surface area contributed by atoms with Gasteiger partial charge in [-0.3, -0.25) is 14.4 Å². The number of carbonyl (C=O) groups is 3. The fraction of sp³-hybridized carbons (Fsp3) is 0.486. The van der Waals surface area contributed by atoms with Crippen molar-refractivity contribution in [2.75, 3.05) is 6.54 Å². The van der Waals surface area contributed by atoms with Gasteiger partial charge in [-0.2, -0.15) is 0 Å². The quantitative estimate of drug-likeness (QED) is 0.241. The lowest BCUT2D eigenvalue weighted by atomic mass is 9.80. The molecule has 0 spiro atoms. The zero-order valence-corrected chi connectivity index (χ0v) is 25.6. The molecule has 1 saturated heterocycles. The first kappa shape index (κ1) is 30.8. The molecule has 6 heteroatoms. The fourth-order valence-corrected chi connectivity index (χ4v) is 7.14. The van der Waals surface area contributed by atoms with E-state index in [4.69, 9.17) is 5.73 Å². The third-order valence-corrected chi connectivity index (χ3v) is 9.60. The van der Waals surface area contributed by atoms with Crippen molar-refractivity contribution in [2.24, 2.45) is 23.5 Å². The molecule has 43 heavy (non-hydrogen) atoms. The molecule has 0 bridgehead atoms. The van der Waals surface area contributed by atoms with Crippen LogP contribution >= 0.6 is 0 Å². The van der Waals surface area contributed by atoms with E-state index in [1.807, 2.05) is 4.90 Å². The van der Waals surface area contributed by atoms with Crippen molar-refractivity contribution in [2.45, 2.75) is 90.1 Å². The summed E-state index contributed by atoms with van der Waals surface area (Å²) in [5.41, 5.74) is 9.21. The number of rotatable bonds is 12. The van der Waals surface area contributed by atoms with Crippen LogP contribution in [-0.2, 0) is 20.9 Å². The van der Waals surface area contributed by atoms with Crippen LogP contribution in [0.4, 0.5) is 0 Å². The standard InChI is InChI=1S/C37H47N3O3/c1-2-3-17-32(35(38)41)33(23-26-11-4-5-12-26)36(42)39-34-18-8-9-21-40(37(34)43)25-27-13-10-16-29(22-27)31-20-19-28-14-6-7-15-30(28)24-31/h6-7,10,13-16,19-20,22,24,26,32-34H,2-5,8-9,11-12,17-18,21,23,25H2,1H3,(H2,38,41)(H,39,42)/t32-,33+,34-/m0/s1. The monoisotopic (exact) mass is 581 g/mol. The molecule has 1 aliphatic carbocycles. The number of hydrogen-bond acceptors (Lipinski definition) is 3. The number of carbonyl (C=O) groups excluding carboxylic acids is 3. The van der Waals surface area contributed by atoms with Crippen LogP contribution in [0.2, 0.25) is 0 Å². The van der Waals surface area contributed by atoms with Gasteiger partial charge in [-0.15, -0.1) is 0 Å². The minimum atomic E-state index is -0.579. The molecule has 1 heterocycles. The average Bonchev–Trinajstić information content (AvgIpc) is 3.48. The topological polar surface area (TPSA) is 92.5 Å². The minimum absolute atomic E-state index is 0.0363. The molecule has 5 rings (SSSR count). The Morgan fingerprint density at radius 2 is 1.63 bits per heavy atom. The van der Waals surface area contributed by atoms with E-state index in [1.54, 1.807) is 0 Å². The summed E-state index contributed by atoms with van der Waals surface area (Å²) in [6, 6.07) is 22.7. The van der Waals surface area contributed by atoms with Gasteiger partial charge in [0.05, 0.1) is 0 Å². The smallest absolute Gasteiger partial charge is 0.245 e. The molecule has 3 aromatic carbocycles. The summed E-state index contributed by atoms with van der Waals surface area (Å²) in [5, 5.41) is 5.54. The molecular formula is C37H47N3O3. The van der Waals surface area contributed by atoms with Gasteiger partial charge in [-0.05, 0) is 77.6 Å². The Labute approximate surface area is 256 Å². The first-order chi connectivity index (χ1) is 20.9. The molecule has 228 valence electrons. The van der Waals surface area contributed by atoms with Gasteiger partial charge in [0.25, 0.3) is 0 Å². The number of benzene rings is 3. The maximum absolute atomic E-state index is 13.8. The molecule has 0 aromatic heterocycles. The molecule has 0 unspecified atom stereocenters. The Hall–Kier alpha value is -3.67. The SMILES string of the molecule is CCCC[C@H](C(N)=O)[C@@H](CC1CCCC1)C(=O)N[C@H]1CCCCN(Cc2cccc(-c3ccc4ccccc4c3)c2)C1=O. The normalized spacial score (nSPS) is 19.2. The van der Waals surface area contributed by atoms with Crippen molar-refractivity contribution < 1.29 is 14.4 Å². The maximum atomic E-state index is 13.8. The molecule has 3 aromatic rings. The highest BCUT2D eigenvalue weighted by molar-refractivity contribution is 5.91. The lowest BCUT2D eigenvalue weighted by molar-refractivity contribution is -0.139. The third kappa shape index (κ3) is 7.84. The van der Waals surface area contributed by atoms with Crippen LogP contribution in [-0.4, -0.2) is 35.2 Å². The van der Waals surface area contributed by atoms with Crippen molar-refractivity contribution in [3.63, 3.8) is 0 Å². The summed E-state index contributed by atoms with van der Waals surface area (Å²) in [4.78, 5) is 42.1. The predicted molar refractivity (Wildman–Crippen MR) is 173 cm³/mol. The number of fused-ring (bicyclic) bond motifs is 1. The van der Waals surface area contributed by atoms with Gasteiger partial charge in [-0.25, -0.2) is 0 Å². The van der Waals surface area contributed by atoms with Crippen LogP contribution in [0, 0.1) is 17.8 Å². The van der Waals surface area contributed by atoms with Gasteiger partial charge in [0.2, 0.25) is 17.7 Å². The summed E-state index contributed by atoms with van der Waals surface area (Å²) in [6.45, 7) is 3.25. The summed E-state index contributed by atoms with van der Waals surface area (Å²) < 4.78 is 0. The Bertz CT molecular complexity index is 1410. The number of amides is 3. The zero-order valence-electron chi connectivity index (χ0n) is 25.6. The van der Waals surface area contributed by atoms with Gasteiger partial charge in [0, 0.05) is 24.9 Å². The van der Waals surface area contributed by atoms with Gasteiger partial charge in [-0.1, -0.05) is 100 Å². The highest BCUT2D eigenvalue weighted by Gasteiger charge is 2.37. The van der Waals surface area contributed by atoms with Crippen molar-refractivity contribution in [1.29, 1.82) is 0 Å². The molecule has 3 amide bonds. The van der Waals surface area contributed by atoms with Crippen LogP contribution in [0.5, 0.6) is 0 Å². The molecule has 0 radical (unpaired) electrons. The van der Waals surface area contributed by atoms with E-state index >= 15 is 0 Å². The van der Waals surface area contributed by atoms with E-state index in [0.29, 0.717) is 38.3 Å². The van der Waals surface area contributed by atoms with Crippen molar-refractivity contribution in [3.05, 3.63) is 72.3 Å². The summed E-state index contributed by atoms with van der Waals surface area (Å²) in [5.74, 6) is -1.14. The van der Waals surface area contributed by atoms with Crippen LogP contribution in [0.25, 0.3) is 21.9 Å². The van der Waals surface area contributed by atoms with Crippen molar-refractivity contribution in [3.8, 4) is 11.1 Å². The largest absolute Gasteiger partial charge is 0.369 e. The lowest BCUT2D eigenvalue weighted by Gasteiger charge is -2.30. The average molecular weight is 582 g/mol. The Morgan fingerprint density at radius 1 is 0.884 bits per heavy atom. The predicted octanol–water partition coefficient (Wildman–Crippen LogP) is 6.99. The van der Waals surface area contributed by atoms with Crippen molar-refractivity contribution >= 4 is 28.5 Å². The Balaban J connectivity index is 1.30. The van der Waals surface area contributed by atoms with E-state index in [0.717, 1.165) is 55.2 Å². The van der Waals surface area contributed by atoms with E-state index in [1.165, 1.54) is 23.6 Å². The highest BCUT2D eigenvalue weighted by atomic mass is 16.2. The first-order valence-corrected chi connectivity index (χ1v) is 16.4. The molecule has 2 aliphatic rings. The van der Waals surface area contributed by atoms with E-state index in [-0.39, 0.29) is 11.8 Å². The summed E-state index contributed by atoms with van der Waals surface area (Å²) in [6.07, 6.45) is 10.0. The number of primary amides is 1. The van der Waals surface area contributed by atoms with Crippen molar-refractivity contribution in [1.82, 2.24) is 10.2 Å². The Morgan fingerprint density at radius 3 is 2.40 bits per heavy atom. The van der Waals surface area contributed by atoms with Gasteiger partial charge in [0.1, 0.15) is 6.04 Å². The highest BCUT2D eigenvalue weighted by Crippen LogP contribution is 2.35. The van der Waals surface area contributed by atoms with Gasteiger partial charge < -0.3 is 16.0 Å². The molecular weight excluding hydrogens is 534 g/mol. The summed E-state index contributed by atoms with van der Waals surface area (Å²) in [7, 11) is 0. The van der Waals surface area contributed by atoms with Gasteiger partial charge in [0.15, 0.2) is 0 Å². The molecule has 6 nitrogen and oxygen atoms in total. The van der Waals surface area contributed by atoms with E-state index in [9.17, 15) is 14.4 Å². The second-order valence-corrected chi connectivity index (χ2v) is 12.7. The fourth-order valence-electron chi connectivity index (χ4n) is 7.14. The number of nitrogens with one attached hydrogen (secondary N) is 1. The first-order valence-electron chi connectivity index (χ1n) is 16.4. The lowest BCUT2D eigenvalue weighted by Crippen LogP contribution is -2.50. The van der Waals surface area contributed by atoms with E-state index in [2.05, 4.69) is 79.0 Å². The summed E-state index contributed by atoms with van der Waals surface area (Å²) >= 11 is 0. The second-order valence-electron chi connectivity index (χ2n) is 12.7. The number of likely N-dealkylation sites (tertiary alicyclic amines) is 1. The number of nitrogens with zero attached hydrogens (tertiary/aromatic N) is 1. The number of hydrogen-bond donors (Lipinski definition) is 2. The molecule has 1 saturated carbocycles. The van der Waals surface area contributed by atoms with Crippen LogP contribution in [0.3, 0.4) is 0 Å². The van der Waals surface area contributed by atoms with Crippen LogP contribution in [0.15, 0.2) is 66.7 Å². The number of unbranched alkanes of at least 4 members (excludes halogenated alkanes) is 1. The van der Waals surface area contributed by atoms with Crippen LogP contribution < -0.4 is 11.1 Å². The molecule has 1 aliphatic heterocycles. The van der Waals surface area contributed by atoms with Gasteiger partial charge >= 0.3 is 0 Å². The zero-order chi connectivity index (χ0) is 30.2.